The molecule has 21 heavy (non-hydrogen) atoms. The number of carbonyl (C=O) groups excluding carboxylic acids is 1. The summed E-state index contributed by atoms with van der Waals surface area (Å²) in [6.45, 7) is 0.724. The van der Waals surface area contributed by atoms with E-state index in [9.17, 15) is 9.59 Å². The van der Waals surface area contributed by atoms with E-state index in [0.717, 1.165) is 4.34 Å². The highest BCUT2D eigenvalue weighted by molar-refractivity contribution is 8.00. The third kappa shape index (κ3) is 3.11. The van der Waals surface area contributed by atoms with Gasteiger partial charge >= 0.3 is 0 Å². The molecule has 6 nitrogen and oxygen atoms in total. The Morgan fingerprint density at radius 2 is 2.38 bits per heavy atom. The first-order valence-corrected chi connectivity index (χ1v) is 8.88. The molecule has 3 rings (SSSR count). The van der Waals surface area contributed by atoms with Gasteiger partial charge < -0.3 is 5.32 Å². The van der Waals surface area contributed by atoms with E-state index in [1.165, 1.54) is 53.3 Å². The van der Waals surface area contributed by atoms with Crippen molar-refractivity contribution in [3.63, 3.8) is 0 Å². The number of carbonyl (C=O) groups is 1. The molecule has 1 aliphatic rings. The summed E-state index contributed by atoms with van der Waals surface area (Å²) < 4.78 is 2.66. The Kier molecular flexibility index (Phi) is 4.25. The van der Waals surface area contributed by atoms with Crippen LogP contribution in [-0.4, -0.2) is 33.2 Å². The lowest BCUT2D eigenvalue weighted by Crippen LogP contribution is -2.36. The van der Waals surface area contributed by atoms with Gasteiger partial charge in [0.05, 0.1) is 0 Å². The minimum absolute atomic E-state index is 0.0149. The number of hydrogen-bond acceptors (Lipinski definition) is 6. The zero-order valence-electron chi connectivity index (χ0n) is 11.7. The van der Waals surface area contributed by atoms with Crippen LogP contribution in [0, 0.1) is 5.92 Å². The average molecular weight is 324 g/mol. The number of fused-ring (bicyclic) bond motifs is 1. The third-order valence-corrected chi connectivity index (χ3v) is 5.68. The Labute approximate surface area is 130 Å². The summed E-state index contributed by atoms with van der Waals surface area (Å²) in [7, 11) is 0. The Balaban J connectivity index is 1.72. The molecule has 0 unspecified atom stereocenters. The van der Waals surface area contributed by atoms with Crippen LogP contribution in [0.25, 0.3) is 10.3 Å². The first kappa shape index (κ1) is 14.5. The van der Waals surface area contributed by atoms with E-state index in [0.29, 0.717) is 22.8 Å². The van der Waals surface area contributed by atoms with Gasteiger partial charge in [0.1, 0.15) is 17.6 Å². The van der Waals surface area contributed by atoms with Crippen LogP contribution in [0.2, 0.25) is 0 Å². The summed E-state index contributed by atoms with van der Waals surface area (Å²) in [4.78, 5) is 32.6. The predicted molar refractivity (Wildman–Crippen MR) is 83.8 cm³/mol. The topological polar surface area (TPSA) is 76.9 Å². The molecule has 1 fully saturated rings. The zero-order chi connectivity index (χ0) is 14.8. The van der Waals surface area contributed by atoms with Crippen molar-refractivity contribution in [2.24, 2.45) is 5.92 Å². The molecule has 1 aliphatic carbocycles. The second-order valence-corrected chi connectivity index (χ2v) is 7.17. The van der Waals surface area contributed by atoms with Crippen molar-refractivity contribution >= 4 is 39.4 Å². The van der Waals surface area contributed by atoms with Crippen LogP contribution < -0.4 is 10.9 Å². The van der Waals surface area contributed by atoms with Crippen LogP contribution >= 0.6 is 23.1 Å². The van der Waals surface area contributed by atoms with E-state index in [-0.39, 0.29) is 18.0 Å². The molecule has 1 saturated carbocycles. The van der Waals surface area contributed by atoms with E-state index >= 15 is 0 Å². The zero-order valence-corrected chi connectivity index (χ0v) is 13.3. The fourth-order valence-corrected chi connectivity index (χ4v) is 3.65. The molecule has 0 aromatic carbocycles. The Morgan fingerprint density at radius 3 is 3.05 bits per heavy atom. The molecule has 2 heterocycles. The first-order chi connectivity index (χ1) is 10.2. The van der Waals surface area contributed by atoms with Crippen LogP contribution in [0.5, 0.6) is 0 Å². The van der Waals surface area contributed by atoms with Gasteiger partial charge in [-0.25, -0.2) is 9.97 Å². The lowest BCUT2D eigenvalue weighted by molar-refractivity contribution is -0.122. The Bertz CT molecular complexity index is 721. The maximum atomic E-state index is 12.3. The molecule has 0 bridgehead atoms. The smallest absolute Gasteiger partial charge is 0.273 e. The van der Waals surface area contributed by atoms with Crippen LogP contribution in [0.15, 0.2) is 15.5 Å². The molecule has 1 N–H and O–H groups in total. The number of rotatable bonds is 5. The molecule has 8 heteroatoms. The highest BCUT2D eigenvalue weighted by Gasteiger charge is 2.18. The SMILES string of the molecule is CSc1nc2ncn(CC(=O)NCC3CCC3)c(=O)c2s1. The monoisotopic (exact) mass is 324 g/mol. The van der Waals surface area contributed by atoms with E-state index in [4.69, 9.17) is 0 Å². The standard InChI is InChI=1S/C13H16N4O2S2/c1-20-13-16-11-10(21-13)12(19)17(7-15-11)6-9(18)14-5-8-3-2-4-8/h7-8H,2-6H2,1H3,(H,14,18). The van der Waals surface area contributed by atoms with Crippen LogP contribution in [-0.2, 0) is 11.3 Å². The molecule has 112 valence electrons. The van der Waals surface area contributed by atoms with Crippen molar-refractivity contribution in [3.05, 3.63) is 16.7 Å². The van der Waals surface area contributed by atoms with Crippen LogP contribution in [0.4, 0.5) is 0 Å². The number of hydrogen-bond donors (Lipinski definition) is 1. The molecule has 2 aromatic heterocycles. The molecule has 1 amide bonds. The normalized spacial score (nSPS) is 15.1. The summed E-state index contributed by atoms with van der Waals surface area (Å²) in [5, 5.41) is 2.88. The fourth-order valence-electron chi connectivity index (χ4n) is 2.19. The van der Waals surface area contributed by atoms with Gasteiger partial charge in [-0.15, -0.1) is 11.3 Å². The van der Waals surface area contributed by atoms with Gasteiger partial charge in [-0.2, -0.15) is 0 Å². The van der Waals surface area contributed by atoms with E-state index in [2.05, 4.69) is 15.3 Å². The largest absolute Gasteiger partial charge is 0.354 e. The van der Waals surface area contributed by atoms with Gasteiger partial charge in [-0.1, -0.05) is 18.2 Å². The molecule has 0 atom stereocenters. The van der Waals surface area contributed by atoms with E-state index < -0.39 is 0 Å². The molecular formula is C13H16N4O2S2. The van der Waals surface area contributed by atoms with Crippen LogP contribution in [0.3, 0.4) is 0 Å². The lowest BCUT2D eigenvalue weighted by atomic mass is 9.85. The average Bonchev–Trinajstić information content (AvgIpc) is 2.84. The third-order valence-electron chi connectivity index (χ3n) is 3.67. The van der Waals surface area contributed by atoms with Crippen molar-refractivity contribution in [2.75, 3.05) is 12.8 Å². The Morgan fingerprint density at radius 1 is 1.57 bits per heavy atom. The number of nitrogens with one attached hydrogen (secondary N) is 1. The second-order valence-electron chi connectivity index (χ2n) is 5.12. The van der Waals surface area contributed by atoms with Crippen LogP contribution in [0.1, 0.15) is 19.3 Å². The highest BCUT2D eigenvalue weighted by Crippen LogP contribution is 2.25. The summed E-state index contributed by atoms with van der Waals surface area (Å²) in [5.41, 5.74) is 0.261. The number of nitrogens with zero attached hydrogens (tertiary/aromatic N) is 3. The molecular weight excluding hydrogens is 308 g/mol. The van der Waals surface area contributed by atoms with Crippen molar-refractivity contribution in [2.45, 2.75) is 30.1 Å². The molecule has 0 radical (unpaired) electrons. The molecule has 0 spiro atoms. The second kappa shape index (κ2) is 6.15. The maximum Gasteiger partial charge on any atom is 0.273 e. The Hall–Kier alpha value is -1.41. The summed E-state index contributed by atoms with van der Waals surface area (Å²) in [5.74, 6) is 0.469. The molecule has 2 aromatic rings. The summed E-state index contributed by atoms with van der Waals surface area (Å²) >= 11 is 2.80. The van der Waals surface area contributed by atoms with Gasteiger partial charge in [-0.3, -0.25) is 14.2 Å². The minimum atomic E-state index is -0.198. The lowest BCUT2D eigenvalue weighted by Gasteiger charge is -2.25. The summed E-state index contributed by atoms with van der Waals surface area (Å²) in [6.07, 6.45) is 6.93. The number of amides is 1. The highest BCUT2D eigenvalue weighted by atomic mass is 32.2. The number of thiazole rings is 1. The van der Waals surface area contributed by atoms with Crippen molar-refractivity contribution in [1.82, 2.24) is 19.9 Å². The van der Waals surface area contributed by atoms with E-state index in [1.807, 2.05) is 6.26 Å². The van der Waals surface area contributed by atoms with Crippen molar-refractivity contribution < 1.29 is 4.79 Å². The molecule has 0 aliphatic heterocycles. The quantitative estimate of drug-likeness (QED) is 0.843. The first-order valence-electron chi connectivity index (χ1n) is 6.84. The minimum Gasteiger partial charge on any atom is -0.354 e. The number of aromatic nitrogens is 3. The molecule has 0 saturated heterocycles. The van der Waals surface area contributed by atoms with Gasteiger partial charge in [-0.05, 0) is 25.0 Å². The predicted octanol–water partition coefficient (Wildman–Crippen LogP) is 1.49. The number of thioether (sulfide) groups is 1. The maximum absolute atomic E-state index is 12.3. The van der Waals surface area contributed by atoms with Gasteiger partial charge in [0.2, 0.25) is 5.91 Å². The van der Waals surface area contributed by atoms with Gasteiger partial charge in [0.15, 0.2) is 9.99 Å². The summed E-state index contributed by atoms with van der Waals surface area (Å²) in [6, 6.07) is 0. The van der Waals surface area contributed by atoms with Gasteiger partial charge in [0.25, 0.3) is 5.56 Å². The van der Waals surface area contributed by atoms with E-state index in [1.54, 1.807) is 0 Å². The van der Waals surface area contributed by atoms with Crippen molar-refractivity contribution in [1.29, 1.82) is 0 Å². The van der Waals surface area contributed by atoms with Crippen molar-refractivity contribution in [3.8, 4) is 0 Å². The fraction of sp³-hybridized carbons (Fsp3) is 0.538. The van der Waals surface area contributed by atoms with Gasteiger partial charge in [0, 0.05) is 6.54 Å².